The van der Waals surface area contributed by atoms with Gasteiger partial charge in [0.05, 0.1) is 10.6 Å². The number of amides is 2. The first-order valence-corrected chi connectivity index (χ1v) is 10.5. The summed E-state index contributed by atoms with van der Waals surface area (Å²) >= 11 is 0. The SMILES string of the molecule is O=C(NC1CCCC1)N1CCCC(CS(=O)(=O)c2ccccc2)C1. The van der Waals surface area contributed by atoms with Gasteiger partial charge in [-0.25, -0.2) is 13.2 Å². The average Bonchev–Trinajstić information content (AvgIpc) is 3.08. The molecule has 1 atom stereocenters. The van der Waals surface area contributed by atoms with Crippen molar-refractivity contribution in [3.05, 3.63) is 30.3 Å². The van der Waals surface area contributed by atoms with Gasteiger partial charge in [-0.05, 0) is 43.7 Å². The molecular formula is C18H26N2O3S. The van der Waals surface area contributed by atoms with Crippen LogP contribution in [0.3, 0.4) is 0 Å². The highest BCUT2D eigenvalue weighted by molar-refractivity contribution is 7.91. The van der Waals surface area contributed by atoms with Crippen molar-refractivity contribution in [2.75, 3.05) is 18.8 Å². The number of hydrogen-bond donors (Lipinski definition) is 1. The summed E-state index contributed by atoms with van der Waals surface area (Å²) in [5, 5.41) is 3.10. The molecule has 132 valence electrons. The molecule has 0 bridgehead atoms. The standard InChI is InChI=1S/C18H26N2O3S/c21-18(19-16-8-4-5-9-16)20-12-6-7-15(13-20)14-24(22,23)17-10-2-1-3-11-17/h1-3,10-11,15-16H,4-9,12-14H2,(H,19,21). The van der Waals surface area contributed by atoms with Gasteiger partial charge in [-0.3, -0.25) is 0 Å². The van der Waals surface area contributed by atoms with Crippen LogP contribution in [0.1, 0.15) is 38.5 Å². The topological polar surface area (TPSA) is 66.5 Å². The second-order valence-electron chi connectivity index (χ2n) is 6.98. The zero-order valence-electron chi connectivity index (χ0n) is 14.0. The molecule has 0 aromatic heterocycles. The van der Waals surface area contributed by atoms with Crippen LogP contribution in [0.2, 0.25) is 0 Å². The zero-order chi connectivity index (χ0) is 17.0. The predicted molar refractivity (Wildman–Crippen MR) is 93.6 cm³/mol. The van der Waals surface area contributed by atoms with Crippen LogP contribution in [-0.4, -0.2) is 44.2 Å². The number of nitrogens with zero attached hydrogens (tertiary/aromatic N) is 1. The molecule has 1 heterocycles. The van der Waals surface area contributed by atoms with Gasteiger partial charge in [0, 0.05) is 19.1 Å². The third-order valence-corrected chi connectivity index (χ3v) is 6.95. The first kappa shape index (κ1) is 17.3. The van der Waals surface area contributed by atoms with E-state index >= 15 is 0 Å². The van der Waals surface area contributed by atoms with Crippen LogP contribution in [0.4, 0.5) is 4.79 Å². The van der Waals surface area contributed by atoms with Gasteiger partial charge in [-0.15, -0.1) is 0 Å². The largest absolute Gasteiger partial charge is 0.335 e. The third-order valence-electron chi connectivity index (χ3n) is 5.05. The van der Waals surface area contributed by atoms with Gasteiger partial charge in [0.15, 0.2) is 9.84 Å². The first-order chi connectivity index (χ1) is 11.5. The summed E-state index contributed by atoms with van der Waals surface area (Å²) in [6.07, 6.45) is 6.22. The van der Waals surface area contributed by atoms with Crippen LogP contribution in [0, 0.1) is 5.92 Å². The van der Waals surface area contributed by atoms with Crippen LogP contribution in [0.15, 0.2) is 35.2 Å². The third kappa shape index (κ3) is 4.29. The highest BCUT2D eigenvalue weighted by atomic mass is 32.2. The lowest BCUT2D eigenvalue weighted by Crippen LogP contribution is -2.49. The molecule has 2 fully saturated rings. The molecule has 5 nitrogen and oxygen atoms in total. The maximum atomic E-state index is 12.5. The number of benzene rings is 1. The molecule has 3 rings (SSSR count). The van der Waals surface area contributed by atoms with Crippen LogP contribution >= 0.6 is 0 Å². The van der Waals surface area contributed by atoms with Crippen molar-refractivity contribution in [3.8, 4) is 0 Å². The van der Waals surface area contributed by atoms with E-state index in [-0.39, 0.29) is 17.7 Å². The van der Waals surface area contributed by atoms with Gasteiger partial charge in [-0.2, -0.15) is 0 Å². The highest BCUT2D eigenvalue weighted by Gasteiger charge is 2.29. The van der Waals surface area contributed by atoms with Crippen LogP contribution < -0.4 is 5.32 Å². The number of urea groups is 1. The molecule has 1 saturated heterocycles. The number of carbonyl (C=O) groups is 1. The fourth-order valence-corrected chi connectivity index (χ4v) is 5.41. The van der Waals surface area contributed by atoms with E-state index in [1.165, 1.54) is 12.8 Å². The summed E-state index contributed by atoms with van der Waals surface area (Å²) in [6.45, 7) is 1.26. The maximum Gasteiger partial charge on any atom is 0.317 e. The molecule has 1 aliphatic carbocycles. The Morgan fingerprint density at radius 1 is 1.08 bits per heavy atom. The Kier molecular flexibility index (Phi) is 5.43. The van der Waals surface area contributed by atoms with E-state index in [1.54, 1.807) is 29.2 Å². The molecule has 1 aromatic carbocycles. The smallest absolute Gasteiger partial charge is 0.317 e. The van der Waals surface area contributed by atoms with Gasteiger partial charge in [0.25, 0.3) is 0 Å². The molecule has 1 unspecified atom stereocenters. The van der Waals surface area contributed by atoms with E-state index in [1.807, 2.05) is 6.07 Å². The number of likely N-dealkylation sites (tertiary alicyclic amines) is 1. The average molecular weight is 350 g/mol. The summed E-state index contributed by atoms with van der Waals surface area (Å²) in [5.74, 6) is 0.128. The van der Waals surface area contributed by atoms with Gasteiger partial charge in [0.1, 0.15) is 0 Å². The molecule has 1 N–H and O–H groups in total. The normalized spacial score (nSPS) is 22.5. The zero-order valence-corrected chi connectivity index (χ0v) is 14.8. The minimum Gasteiger partial charge on any atom is -0.335 e. The molecule has 24 heavy (non-hydrogen) atoms. The summed E-state index contributed by atoms with van der Waals surface area (Å²) in [4.78, 5) is 14.6. The lowest BCUT2D eigenvalue weighted by Gasteiger charge is -2.33. The molecule has 0 radical (unpaired) electrons. The first-order valence-electron chi connectivity index (χ1n) is 8.88. The lowest BCUT2D eigenvalue weighted by molar-refractivity contribution is 0.167. The van der Waals surface area contributed by atoms with Crippen molar-refractivity contribution in [1.82, 2.24) is 10.2 Å². The molecule has 2 aliphatic rings. The van der Waals surface area contributed by atoms with Crippen molar-refractivity contribution >= 4 is 15.9 Å². The van der Waals surface area contributed by atoms with E-state index in [9.17, 15) is 13.2 Å². The summed E-state index contributed by atoms with van der Waals surface area (Å²) < 4.78 is 25.1. The number of rotatable bonds is 4. The van der Waals surface area contributed by atoms with Crippen LogP contribution in [0.5, 0.6) is 0 Å². The number of carbonyl (C=O) groups excluding carboxylic acids is 1. The molecule has 0 spiro atoms. The summed E-state index contributed by atoms with van der Waals surface area (Å²) in [7, 11) is -3.29. The van der Waals surface area contributed by atoms with Crippen molar-refractivity contribution in [2.24, 2.45) is 5.92 Å². The Morgan fingerprint density at radius 3 is 2.50 bits per heavy atom. The van der Waals surface area contributed by atoms with Crippen molar-refractivity contribution in [1.29, 1.82) is 0 Å². The fraction of sp³-hybridized carbons (Fsp3) is 0.611. The van der Waals surface area contributed by atoms with Gasteiger partial charge in [-0.1, -0.05) is 31.0 Å². The Balaban J connectivity index is 1.58. The Hall–Kier alpha value is -1.56. The number of piperidine rings is 1. The molecule has 6 heteroatoms. The van der Waals surface area contributed by atoms with E-state index in [0.717, 1.165) is 32.2 Å². The fourth-order valence-electron chi connectivity index (χ4n) is 3.76. The maximum absolute atomic E-state index is 12.5. The van der Waals surface area contributed by atoms with Crippen molar-refractivity contribution in [3.63, 3.8) is 0 Å². The Morgan fingerprint density at radius 2 is 1.79 bits per heavy atom. The lowest BCUT2D eigenvalue weighted by atomic mass is 10.0. The monoisotopic (exact) mass is 350 g/mol. The predicted octanol–water partition coefficient (Wildman–Crippen LogP) is 2.82. The number of hydrogen-bond acceptors (Lipinski definition) is 3. The minimum absolute atomic E-state index is 0.0123. The van der Waals surface area contributed by atoms with Gasteiger partial charge >= 0.3 is 6.03 Å². The van der Waals surface area contributed by atoms with Gasteiger partial charge in [0.2, 0.25) is 0 Å². The second-order valence-corrected chi connectivity index (χ2v) is 9.01. The van der Waals surface area contributed by atoms with Gasteiger partial charge < -0.3 is 10.2 Å². The van der Waals surface area contributed by atoms with E-state index in [2.05, 4.69) is 5.32 Å². The second kappa shape index (κ2) is 7.55. The highest BCUT2D eigenvalue weighted by Crippen LogP contribution is 2.23. The van der Waals surface area contributed by atoms with E-state index in [4.69, 9.17) is 0 Å². The van der Waals surface area contributed by atoms with Crippen LogP contribution in [0.25, 0.3) is 0 Å². The van der Waals surface area contributed by atoms with Crippen molar-refractivity contribution < 1.29 is 13.2 Å². The summed E-state index contributed by atoms with van der Waals surface area (Å²) in [5.41, 5.74) is 0. The van der Waals surface area contributed by atoms with Crippen molar-refractivity contribution in [2.45, 2.75) is 49.5 Å². The molecule has 2 amide bonds. The number of nitrogens with one attached hydrogen (secondary N) is 1. The quantitative estimate of drug-likeness (QED) is 0.908. The molecule has 1 saturated carbocycles. The van der Waals surface area contributed by atoms with E-state index in [0.29, 0.717) is 17.5 Å². The Bertz CT molecular complexity index is 654. The summed E-state index contributed by atoms with van der Waals surface area (Å²) in [6, 6.07) is 8.86. The van der Waals surface area contributed by atoms with E-state index < -0.39 is 9.84 Å². The number of sulfone groups is 1. The molecular weight excluding hydrogens is 324 g/mol. The molecule has 1 aliphatic heterocycles. The minimum atomic E-state index is -3.29. The molecule has 1 aromatic rings. The Labute approximate surface area is 144 Å². The van der Waals surface area contributed by atoms with Crippen LogP contribution in [-0.2, 0) is 9.84 Å².